The van der Waals surface area contributed by atoms with Gasteiger partial charge in [0.05, 0.1) is 26.4 Å². The number of unbranched alkanes of at least 4 members (excludes halogenated alkanes) is 52. The summed E-state index contributed by atoms with van der Waals surface area (Å²) in [5, 5.41) is 10.7. The summed E-state index contributed by atoms with van der Waals surface area (Å²) >= 11 is 0. The van der Waals surface area contributed by atoms with E-state index in [-0.39, 0.29) is 25.7 Å². The molecule has 0 bridgehead atoms. The van der Waals surface area contributed by atoms with Crippen molar-refractivity contribution in [2.24, 2.45) is 11.8 Å². The molecule has 0 spiro atoms. The average molecular weight is 1490 g/mol. The maximum atomic E-state index is 13.1. The van der Waals surface area contributed by atoms with Gasteiger partial charge in [-0.2, -0.15) is 0 Å². The van der Waals surface area contributed by atoms with Gasteiger partial charge in [-0.3, -0.25) is 37.3 Å². The number of rotatable bonds is 82. The highest BCUT2D eigenvalue weighted by atomic mass is 31.2. The number of carbonyl (C=O) groups excluding carboxylic acids is 4. The van der Waals surface area contributed by atoms with Crippen molar-refractivity contribution in [1.29, 1.82) is 0 Å². The highest BCUT2D eigenvalue weighted by Gasteiger charge is 2.30. The van der Waals surface area contributed by atoms with Gasteiger partial charge in [-0.05, 0) is 37.5 Å². The minimum atomic E-state index is -4.96. The molecular weight excluding hydrogens is 1330 g/mol. The molecule has 2 unspecified atom stereocenters. The normalized spacial score (nSPS) is 13.9. The summed E-state index contributed by atoms with van der Waals surface area (Å²) in [5.41, 5.74) is 0. The number of esters is 4. The lowest BCUT2D eigenvalue weighted by Crippen LogP contribution is -2.30. The second-order valence-corrected chi connectivity index (χ2v) is 33.7. The zero-order chi connectivity index (χ0) is 74.9. The molecule has 3 N–H and O–H groups in total. The maximum Gasteiger partial charge on any atom is 0.472 e. The van der Waals surface area contributed by atoms with Crippen LogP contribution in [-0.4, -0.2) is 96.7 Å². The Labute approximate surface area is 626 Å². The fourth-order valence-corrected chi connectivity index (χ4v) is 14.5. The number of phosphoric acid groups is 2. The minimum Gasteiger partial charge on any atom is -0.462 e. The van der Waals surface area contributed by atoms with Gasteiger partial charge in [-0.25, -0.2) is 9.13 Å². The lowest BCUT2D eigenvalue weighted by molar-refractivity contribution is -0.161. The van der Waals surface area contributed by atoms with Crippen LogP contribution in [0.4, 0.5) is 0 Å². The standard InChI is InChI=1S/C83H162O17P2/c1-7-9-11-13-15-17-19-21-23-24-25-26-27-30-35-39-43-49-56-62-68-82(87)99-78(71-93-80(85)65-59-53-47-41-37-34-31-28-29-32-36-40-45-51-57-63-75(3)4)73-97-101(89,90)95-69-77(84)70-96-102(91,92)98-74-79(72-94-81(86)66-60-54-50-44-46-52-58-64-76(5)6)100-83(88)67-61-55-48-42-38-33-22-20-18-16-14-12-10-8-2/h75-79,84H,7-74H2,1-6H3,(H,89,90)(H,91,92)/t77-,78-,79-/m1/s1. The summed E-state index contributed by atoms with van der Waals surface area (Å²) in [6, 6.07) is 0. The van der Waals surface area contributed by atoms with Crippen molar-refractivity contribution in [3.8, 4) is 0 Å². The van der Waals surface area contributed by atoms with Gasteiger partial charge in [0, 0.05) is 25.7 Å². The molecule has 19 heteroatoms. The largest absolute Gasteiger partial charge is 0.472 e. The van der Waals surface area contributed by atoms with Crippen molar-refractivity contribution >= 4 is 39.5 Å². The molecule has 102 heavy (non-hydrogen) atoms. The van der Waals surface area contributed by atoms with Crippen LogP contribution in [0.1, 0.15) is 440 Å². The Kier molecular flexibility index (Phi) is 73.1. The van der Waals surface area contributed by atoms with Crippen molar-refractivity contribution < 1.29 is 80.2 Å². The van der Waals surface area contributed by atoms with E-state index in [1.807, 2.05) is 0 Å². The van der Waals surface area contributed by atoms with Gasteiger partial charge in [-0.1, -0.05) is 388 Å². The quantitative estimate of drug-likeness (QED) is 0.0222. The van der Waals surface area contributed by atoms with Gasteiger partial charge in [0.15, 0.2) is 12.2 Å². The van der Waals surface area contributed by atoms with Crippen molar-refractivity contribution in [2.45, 2.75) is 458 Å². The number of ether oxygens (including phenoxy) is 4. The number of phosphoric ester groups is 2. The molecule has 0 fully saturated rings. The summed E-state index contributed by atoms with van der Waals surface area (Å²) in [7, 11) is -9.92. The molecule has 0 amide bonds. The summed E-state index contributed by atoms with van der Waals surface area (Å²) in [4.78, 5) is 73.1. The van der Waals surface area contributed by atoms with E-state index in [2.05, 4.69) is 41.5 Å². The first-order valence-electron chi connectivity index (χ1n) is 43.0. The molecule has 0 heterocycles. The summed E-state index contributed by atoms with van der Waals surface area (Å²) < 4.78 is 68.8. The Balaban J connectivity index is 5.23. The molecule has 17 nitrogen and oxygen atoms in total. The lowest BCUT2D eigenvalue weighted by Gasteiger charge is -2.21. The van der Waals surface area contributed by atoms with Gasteiger partial charge in [0.25, 0.3) is 0 Å². The van der Waals surface area contributed by atoms with Gasteiger partial charge in [-0.15, -0.1) is 0 Å². The zero-order valence-electron chi connectivity index (χ0n) is 66.9. The van der Waals surface area contributed by atoms with Crippen molar-refractivity contribution in [2.75, 3.05) is 39.6 Å². The molecule has 0 aliphatic rings. The van der Waals surface area contributed by atoms with Crippen LogP contribution < -0.4 is 0 Å². The third kappa shape index (κ3) is 76.3. The zero-order valence-corrected chi connectivity index (χ0v) is 68.7. The molecular formula is C83H162O17P2. The highest BCUT2D eigenvalue weighted by Crippen LogP contribution is 2.45. The molecule has 0 radical (unpaired) electrons. The van der Waals surface area contributed by atoms with Crippen LogP contribution in [0.3, 0.4) is 0 Å². The van der Waals surface area contributed by atoms with Crippen molar-refractivity contribution in [3.05, 3.63) is 0 Å². The first-order chi connectivity index (χ1) is 49.4. The van der Waals surface area contributed by atoms with Crippen molar-refractivity contribution in [1.82, 2.24) is 0 Å². The molecule has 0 saturated heterocycles. The Morgan fingerprint density at radius 3 is 0.667 bits per heavy atom. The topological polar surface area (TPSA) is 237 Å². The van der Waals surface area contributed by atoms with E-state index >= 15 is 0 Å². The summed E-state index contributed by atoms with van der Waals surface area (Å²) in [5.74, 6) is -0.595. The van der Waals surface area contributed by atoms with Gasteiger partial charge >= 0.3 is 39.5 Å². The van der Waals surface area contributed by atoms with E-state index in [0.29, 0.717) is 31.6 Å². The lowest BCUT2D eigenvalue weighted by atomic mass is 10.0. The third-order valence-electron chi connectivity index (χ3n) is 19.5. The Hall–Kier alpha value is -1.94. The molecule has 0 aliphatic carbocycles. The monoisotopic (exact) mass is 1490 g/mol. The predicted octanol–water partition coefficient (Wildman–Crippen LogP) is 25.1. The van der Waals surface area contributed by atoms with Crippen LogP contribution in [-0.2, 0) is 65.4 Å². The first kappa shape index (κ1) is 100. The second-order valence-electron chi connectivity index (χ2n) is 30.8. The number of hydrogen-bond donors (Lipinski definition) is 3. The predicted molar refractivity (Wildman–Crippen MR) is 418 cm³/mol. The highest BCUT2D eigenvalue weighted by molar-refractivity contribution is 7.47. The van der Waals surface area contributed by atoms with Gasteiger partial charge < -0.3 is 33.8 Å². The van der Waals surface area contributed by atoms with Crippen LogP contribution in [0, 0.1) is 11.8 Å². The summed E-state index contributed by atoms with van der Waals surface area (Å²) in [6.07, 6.45) is 65.3. The average Bonchev–Trinajstić information content (AvgIpc) is 0.976. The van der Waals surface area contributed by atoms with Crippen LogP contribution in [0.2, 0.25) is 0 Å². The van der Waals surface area contributed by atoms with Crippen LogP contribution in [0.15, 0.2) is 0 Å². The molecule has 0 aliphatic heterocycles. The smallest absolute Gasteiger partial charge is 0.462 e. The minimum absolute atomic E-state index is 0.107. The third-order valence-corrected chi connectivity index (χ3v) is 21.4. The van der Waals surface area contributed by atoms with E-state index in [0.717, 1.165) is 102 Å². The number of aliphatic hydroxyl groups excluding tert-OH is 1. The summed E-state index contributed by atoms with van der Waals surface area (Å²) in [6.45, 7) is 9.62. The molecule has 0 aromatic heterocycles. The molecule has 0 rings (SSSR count). The fourth-order valence-electron chi connectivity index (χ4n) is 12.9. The number of carbonyl (C=O) groups is 4. The Morgan fingerprint density at radius 2 is 0.451 bits per heavy atom. The molecule has 0 aromatic rings. The maximum absolute atomic E-state index is 13.1. The van der Waals surface area contributed by atoms with E-state index in [4.69, 9.17) is 37.0 Å². The molecule has 606 valence electrons. The van der Waals surface area contributed by atoms with Crippen LogP contribution >= 0.6 is 15.6 Å². The van der Waals surface area contributed by atoms with E-state index in [9.17, 15) is 43.2 Å². The van der Waals surface area contributed by atoms with E-state index < -0.39 is 97.5 Å². The van der Waals surface area contributed by atoms with Crippen LogP contribution in [0.25, 0.3) is 0 Å². The van der Waals surface area contributed by atoms with Crippen LogP contribution in [0.5, 0.6) is 0 Å². The Bertz CT molecular complexity index is 1960. The van der Waals surface area contributed by atoms with Gasteiger partial charge in [0.2, 0.25) is 0 Å². The van der Waals surface area contributed by atoms with Gasteiger partial charge in [0.1, 0.15) is 19.3 Å². The fraction of sp³-hybridized carbons (Fsp3) is 0.952. The second kappa shape index (κ2) is 74.5. The van der Waals surface area contributed by atoms with E-state index in [1.54, 1.807) is 0 Å². The number of hydrogen-bond acceptors (Lipinski definition) is 15. The first-order valence-corrected chi connectivity index (χ1v) is 46.0. The molecule has 0 saturated carbocycles. The van der Waals surface area contributed by atoms with E-state index in [1.165, 1.54) is 250 Å². The molecule has 5 atom stereocenters. The number of aliphatic hydroxyl groups is 1. The van der Waals surface area contributed by atoms with Crippen molar-refractivity contribution in [3.63, 3.8) is 0 Å². The molecule has 0 aromatic carbocycles. The SMILES string of the molecule is CCCCCCCCCCCCCCCCCCCCCCC(=O)O[C@H](COC(=O)CCCCCCCCCCCCCCCCCC(C)C)COP(=O)(O)OC[C@@H](O)COP(=O)(O)OC[C@@H](COC(=O)CCCCCCCCCC(C)C)OC(=O)CCCCCCCCCCCCCCCC. The Morgan fingerprint density at radius 1 is 0.265 bits per heavy atom.